The Kier molecular flexibility index (Phi) is 4.98. The molecule has 0 rings (SSSR count). The summed E-state index contributed by atoms with van der Waals surface area (Å²) in [6.07, 6.45) is 7.36. The minimum atomic E-state index is 1.10. The summed E-state index contributed by atoms with van der Waals surface area (Å²) >= 11 is 0. The van der Waals surface area contributed by atoms with Crippen LogP contribution in [0.2, 0.25) is 0 Å². The van der Waals surface area contributed by atoms with Crippen LogP contribution in [0.4, 0.5) is 0 Å². The summed E-state index contributed by atoms with van der Waals surface area (Å²) in [7, 11) is 1.93. The van der Waals surface area contributed by atoms with Gasteiger partial charge in [0.05, 0.1) is 0 Å². The summed E-state index contributed by atoms with van der Waals surface area (Å²) in [5.74, 6) is 0. The van der Waals surface area contributed by atoms with Gasteiger partial charge in [-0.1, -0.05) is 19.1 Å². The zero-order valence-corrected chi connectivity index (χ0v) is 6.44. The molecule has 1 N–H and O–H groups in total. The number of nitrogens with one attached hydrogen (secondary N) is 1. The lowest BCUT2D eigenvalue weighted by molar-refractivity contribution is 1.02. The summed E-state index contributed by atoms with van der Waals surface area (Å²) in [6.45, 7) is 4.14. The Labute approximate surface area is 57.5 Å². The van der Waals surface area contributed by atoms with Gasteiger partial charge in [-0.05, 0) is 19.4 Å². The topological polar surface area (TPSA) is 12.0 Å². The van der Waals surface area contributed by atoms with Crippen molar-refractivity contribution in [2.75, 3.05) is 7.05 Å². The molecule has 0 bridgehead atoms. The van der Waals surface area contributed by atoms with Gasteiger partial charge in [-0.3, -0.25) is 0 Å². The van der Waals surface area contributed by atoms with Crippen LogP contribution in [0.1, 0.15) is 20.3 Å². The van der Waals surface area contributed by atoms with Crippen LogP contribution < -0.4 is 5.32 Å². The number of rotatable bonds is 3. The monoisotopic (exact) mass is 125 g/mol. The second-order valence-corrected chi connectivity index (χ2v) is 1.80. The molecule has 0 atom stereocenters. The fraction of sp³-hybridized carbons (Fsp3) is 0.500. The molecule has 0 unspecified atom stereocenters. The van der Waals surface area contributed by atoms with E-state index in [1.807, 2.05) is 20.0 Å². The van der Waals surface area contributed by atoms with Crippen molar-refractivity contribution in [2.45, 2.75) is 20.3 Å². The maximum absolute atomic E-state index is 3.06. The highest BCUT2D eigenvalue weighted by Crippen LogP contribution is 1.90. The van der Waals surface area contributed by atoms with Crippen LogP contribution in [0.25, 0.3) is 0 Å². The Hall–Kier alpha value is -0.720. The summed E-state index contributed by atoms with van der Waals surface area (Å²) in [4.78, 5) is 0. The van der Waals surface area contributed by atoms with E-state index in [0.29, 0.717) is 0 Å². The fourth-order valence-corrected chi connectivity index (χ4v) is 0.569. The first kappa shape index (κ1) is 8.28. The van der Waals surface area contributed by atoms with E-state index < -0.39 is 0 Å². The molecular formula is C8H15N. The van der Waals surface area contributed by atoms with E-state index in [9.17, 15) is 0 Å². The summed E-state index contributed by atoms with van der Waals surface area (Å²) in [5, 5.41) is 3.06. The molecule has 9 heavy (non-hydrogen) atoms. The largest absolute Gasteiger partial charge is 0.388 e. The summed E-state index contributed by atoms with van der Waals surface area (Å²) in [6, 6.07) is 0. The third kappa shape index (κ3) is 3.83. The quantitative estimate of drug-likeness (QED) is 0.569. The maximum Gasteiger partial charge on any atom is 0.0290 e. The molecule has 0 fully saturated rings. The van der Waals surface area contributed by atoms with Gasteiger partial charge in [0.25, 0.3) is 0 Å². The van der Waals surface area contributed by atoms with Crippen molar-refractivity contribution < 1.29 is 0 Å². The van der Waals surface area contributed by atoms with E-state index in [1.54, 1.807) is 0 Å². The first-order chi connectivity index (χ1) is 4.35. The standard InChI is InChI=1S/C8H15N/c1-4-6-7-8(5-2)9-3/h5-7,9H,4H2,1-3H3/b7-6-,8-5+. The molecule has 0 aromatic heterocycles. The van der Waals surface area contributed by atoms with Crippen LogP contribution in [0.3, 0.4) is 0 Å². The highest BCUT2D eigenvalue weighted by molar-refractivity contribution is 5.14. The van der Waals surface area contributed by atoms with Crippen molar-refractivity contribution in [2.24, 2.45) is 0 Å². The molecule has 0 saturated heterocycles. The normalized spacial score (nSPS) is 12.6. The van der Waals surface area contributed by atoms with E-state index in [2.05, 4.69) is 24.4 Å². The number of hydrogen-bond acceptors (Lipinski definition) is 1. The van der Waals surface area contributed by atoms with Gasteiger partial charge in [-0.25, -0.2) is 0 Å². The molecule has 0 heterocycles. The highest BCUT2D eigenvalue weighted by atomic mass is 14.8. The zero-order valence-electron chi connectivity index (χ0n) is 6.44. The lowest BCUT2D eigenvalue weighted by atomic mass is 10.3. The van der Waals surface area contributed by atoms with Crippen LogP contribution in [-0.4, -0.2) is 7.05 Å². The zero-order chi connectivity index (χ0) is 7.11. The molecule has 0 spiro atoms. The van der Waals surface area contributed by atoms with Crippen molar-refractivity contribution in [3.05, 3.63) is 23.9 Å². The van der Waals surface area contributed by atoms with Gasteiger partial charge in [-0.15, -0.1) is 0 Å². The lowest BCUT2D eigenvalue weighted by Gasteiger charge is -1.96. The molecule has 0 radical (unpaired) electrons. The third-order valence-electron chi connectivity index (χ3n) is 1.13. The Morgan fingerprint density at radius 2 is 2.22 bits per heavy atom. The average Bonchev–Trinajstić information content (AvgIpc) is 1.91. The van der Waals surface area contributed by atoms with E-state index in [0.717, 1.165) is 6.42 Å². The third-order valence-corrected chi connectivity index (χ3v) is 1.13. The smallest absolute Gasteiger partial charge is 0.0290 e. The van der Waals surface area contributed by atoms with Gasteiger partial charge in [0.2, 0.25) is 0 Å². The van der Waals surface area contributed by atoms with Crippen molar-refractivity contribution in [1.29, 1.82) is 0 Å². The molecule has 1 nitrogen and oxygen atoms in total. The molecule has 0 amide bonds. The molecule has 52 valence electrons. The van der Waals surface area contributed by atoms with Gasteiger partial charge >= 0.3 is 0 Å². The van der Waals surface area contributed by atoms with Gasteiger partial charge in [0.15, 0.2) is 0 Å². The van der Waals surface area contributed by atoms with Gasteiger partial charge < -0.3 is 5.32 Å². The molecule has 0 saturated carbocycles. The van der Waals surface area contributed by atoms with Crippen molar-refractivity contribution in [3.63, 3.8) is 0 Å². The summed E-state index contributed by atoms with van der Waals surface area (Å²) in [5.41, 5.74) is 1.18. The molecular weight excluding hydrogens is 110 g/mol. The van der Waals surface area contributed by atoms with Crippen molar-refractivity contribution in [1.82, 2.24) is 5.32 Å². The van der Waals surface area contributed by atoms with E-state index in [4.69, 9.17) is 0 Å². The van der Waals surface area contributed by atoms with Gasteiger partial charge in [0, 0.05) is 12.7 Å². The second-order valence-electron chi connectivity index (χ2n) is 1.80. The number of hydrogen-bond donors (Lipinski definition) is 1. The van der Waals surface area contributed by atoms with Crippen LogP contribution in [-0.2, 0) is 0 Å². The predicted molar refractivity (Wildman–Crippen MR) is 42.2 cm³/mol. The van der Waals surface area contributed by atoms with E-state index >= 15 is 0 Å². The van der Waals surface area contributed by atoms with E-state index in [1.165, 1.54) is 5.70 Å². The fourth-order valence-electron chi connectivity index (χ4n) is 0.569. The second kappa shape index (κ2) is 5.42. The molecule has 0 aliphatic rings. The molecule has 1 heteroatoms. The highest BCUT2D eigenvalue weighted by Gasteiger charge is 1.78. The van der Waals surface area contributed by atoms with Gasteiger partial charge in [0.1, 0.15) is 0 Å². The summed E-state index contributed by atoms with van der Waals surface area (Å²) < 4.78 is 0. The Bertz CT molecular complexity index is 112. The van der Waals surface area contributed by atoms with Crippen LogP contribution >= 0.6 is 0 Å². The molecule has 0 aromatic carbocycles. The van der Waals surface area contributed by atoms with Crippen LogP contribution in [0, 0.1) is 0 Å². The Morgan fingerprint density at radius 1 is 1.56 bits per heavy atom. The average molecular weight is 125 g/mol. The SMILES string of the molecule is C/C=C(\C=C/CC)NC. The molecule has 0 aromatic rings. The predicted octanol–water partition coefficient (Wildman–Crippen LogP) is 2.08. The van der Waals surface area contributed by atoms with Crippen molar-refractivity contribution in [3.8, 4) is 0 Å². The number of likely N-dealkylation sites (N-methyl/N-ethyl adjacent to an activating group) is 1. The first-order valence-corrected chi connectivity index (χ1v) is 3.35. The Morgan fingerprint density at radius 3 is 2.56 bits per heavy atom. The van der Waals surface area contributed by atoms with E-state index in [-0.39, 0.29) is 0 Å². The van der Waals surface area contributed by atoms with Crippen LogP contribution in [0.5, 0.6) is 0 Å². The minimum absolute atomic E-state index is 1.10. The van der Waals surface area contributed by atoms with Crippen LogP contribution in [0.15, 0.2) is 23.9 Å². The first-order valence-electron chi connectivity index (χ1n) is 3.35. The minimum Gasteiger partial charge on any atom is -0.388 e. The maximum atomic E-state index is 3.06. The number of allylic oxidation sites excluding steroid dienone is 3. The van der Waals surface area contributed by atoms with Gasteiger partial charge in [-0.2, -0.15) is 0 Å². The van der Waals surface area contributed by atoms with Crippen molar-refractivity contribution >= 4 is 0 Å². The molecule has 0 aliphatic heterocycles. The Balaban J connectivity index is 3.70. The lowest BCUT2D eigenvalue weighted by Crippen LogP contribution is -2.01. The molecule has 0 aliphatic carbocycles.